The molecule has 2 rings (SSSR count). The van der Waals surface area contributed by atoms with Crippen molar-refractivity contribution in [2.24, 2.45) is 5.11 Å². The van der Waals surface area contributed by atoms with Crippen molar-refractivity contribution >= 4 is 5.97 Å². The van der Waals surface area contributed by atoms with Crippen LogP contribution in [0.4, 0.5) is 0 Å². The molecule has 0 aromatic heterocycles. The lowest BCUT2D eigenvalue weighted by Crippen LogP contribution is -2.57. The third-order valence-corrected chi connectivity index (χ3v) is 4.49. The van der Waals surface area contributed by atoms with Crippen LogP contribution in [0.15, 0.2) is 28.9 Å². The number of carbonyl (C=O) groups is 1. The minimum Gasteiger partial charge on any atom is -0.458 e. The monoisotopic (exact) mass is 332 g/mol. The summed E-state index contributed by atoms with van der Waals surface area (Å²) in [5, 5.41) is 3.58. The Labute approximate surface area is 144 Å². The molecule has 0 saturated carbocycles. The van der Waals surface area contributed by atoms with Gasteiger partial charge in [-0.3, -0.25) is 4.90 Å². The van der Waals surface area contributed by atoms with Crippen LogP contribution in [-0.2, 0) is 9.53 Å². The zero-order chi connectivity index (χ0) is 17.6. The van der Waals surface area contributed by atoms with E-state index >= 15 is 0 Å². The second-order valence-electron chi connectivity index (χ2n) is 7.49. The van der Waals surface area contributed by atoms with Crippen LogP contribution in [0.2, 0.25) is 0 Å². The molecule has 132 valence electrons. The summed E-state index contributed by atoms with van der Waals surface area (Å²) < 4.78 is 5.74. The van der Waals surface area contributed by atoms with Gasteiger partial charge in [0.1, 0.15) is 11.1 Å². The van der Waals surface area contributed by atoms with E-state index in [1.54, 1.807) is 0 Å². The van der Waals surface area contributed by atoms with Crippen molar-refractivity contribution < 1.29 is 9.53 Å². The molecule has 1 aliphatic heterocycles. The van der Waals surface area contributed by atoms with Crippen LogP contribution in [-0.4, -0.2) is 41.6 Å². The number of esters is 1. The van der Waals surface area contributed by atoms with E-state index in [1.807, 2.05) is 32.9 Å². The Morgan fingerprint density at radius 2 is 2.08 bits per heavy atom. The highest BCUT2D eigenvalue weighted by Crippen LogP contribution is 2.33. The molecule has 24 heavy (non-hydrogen) atoms. The number of hydrogen-bond donors (Lipinski definition) is 0. The molecule has 2 aliphatic rings. The van der Waals surface area contributed by atoms with E-state index in [-0.39, 0.29) is 5.97 Å². The number of hydrogen-bond acceptors (Lipinski definition) is 4. The zero-order valence-corrected chi connectivity index (χ0v) is 15.0. The van der Waals surface area contributed by atoms with Gasteiger partial charge in [-0.1, -0.05) is 35.3 Å². The van der Waals surface area contributed by atoms with Gasteiger partial charge in [0.15, 0.2) is 0 Å². The summed E-state index contributed by atoms with van der Waals surface area (Å²) in [5.41, 5.74) is 8.29. The van der Waals surface area contributed by atoms with Gasteiger partial charge in [0, 0.05) is 11.5 Å². The average Bonchev–Trinajstić information content (AvgIpc) is 2.55. The Bertz CT molecular complexity index is 564. The van der Waals surface area contributed by atoms with Crippen molar-refractivity contribution in [2.45, 2.75) is 64.0 Å². The largest absolute Gasteiger partial charge is 0.458 e. The molecular formula is C18H28N4O2. The molecule has 0 N–H and O–H groups in total. The third kappa shape index (κ3) is 4.62. The zero-order valence-electron chi connectivity index (χ0n) is 15.0. The molecule has 0 aromatic rings. The quantitative estimate of drug-likeness (QED) is 0.328. The summed E-state index contributed by atoms with van der Waals surface area (Å²) in [6, 6.07) is 0. The van der Waals surface area contributed by atoms with E-state index in [0.29, 0.717) is 19.4 Å². The number of nitrogens with zero attached hydrogens (tertiary/aromatic N) is 4. The Hall–Kier alpha value is -1.78. The maximum atomic E-state index is 13.0. The minimum absolute atomic E-state index is 0.168. The summed E-state index contributed by atoms with van der Waals surface area (Å²) in [6.45, 7) is 8.00. The first-order valence-corrected chi connectivity index (χ1v) is 8.75. The first-order valence-electron chi connectivity index (χ1n) is 8.75. The first kappa shape index (κ1) is 18.6. The van der Waals surface area contributed by atoms with Crippen LogP contribution in [0.25, 0.3) is 10.4 Å². The molecule has 0 amide bonds. The number of likely N-dealkylation sites (tertiary alicyclic amines) is 1. The fraction of sp³-hybridized carbons (Fsp3) is 0.722. The van der Waals surface area contributed by atoms with Gasteiger partial charge in [-0.05, 0) is 65.1 Å². The fourth-order valence-corrected chi connectivity index (χ4v) is 3.25. The Morgan fingerprint density at radius 1 is 1.38 bits per heavy atom. The molecule has 1 saturated heterocycles. The van der Waals surface area contributed by atoms with Crippen LogP contribution < -0.4 is 0 Å². The normalized spacial score (nSPS) is 24.9. The van der Waals surface area contributed by atoms with Crippen LogP contribution in [0.5, 0.6) is 0 Å². The van der Waals surface area contributed by atoms with E-state index < -0.39 is 11.1 Å². The lowest BCUT2D eigenvalue weighted by molar-refractivity contribution is -0.167. The standard InChI is InChI=1S/C18H28N4O2/c1-17(2,3)24-16(23)18(22-13-5-4-6-14-22)10-7-15(8-11-18)9-12-20-21-19/h7-8,10H,4-6,9,11-14H2,1-3H3. The summed E-state index contributed by atoms with van der Waals surface area (Å²) in [4.78, 5) is 18.0. The number of rotatable bonds is 5. The highest BCUT2D eigenvalue weighted by atomic mass is 16.6. The van der Waals surface area contributed by atoms with Gasteiger partial charge in [-0.25, -0.2) is 4.79 Å². The van der Waals surface area contributed by atoms with Gasteiger partial charge in [0.25, 0.3) is 0 Å². The van der Waals surface area contributed by atoms with Crippen molar-refractivity contribution in [3.8, 4) is 0 Å². The first-order chi connectivity index (χ1) is 11.4. The molecule has 0 bridgehead atoms. The summed E-state index contributed by atoms with van der Waals surface area (Å²) in [5.74, 6) is -0.168. The molecule has 1 fully saturated rings. The van der Waals surface area contributed by atoms with Crippen molar-refractivity contribution in [1.82, 2.24) is 4.90 Å². The molecule has 6 heteroatoms. The molecule has 1 heterocycles. The number of ether oxygens (including phenoxy) is 1. The van der Waals surface area contributed by atoms with Gasteiger partial charge < -0.3 is 4.74 Å². The lowest BCUT2D eigenvalue weighted by Gasteiger charge is -2.43. The van der Waals surface area contributed by atoms with Crippen LogP contribution >= 0.6 is 0 Å². The maximum Gasteiger partial charge on any atom is 0.331 e. The second kappa shape index (κ2) is 7.86. The van der Waals surface area contributed by atoms with Crippen molar-refractivity contribution in [1.29, 1.82) is 0 Å². The Morgan fingerprint density at radius 3 is 2.62 bits per heavy atom. The Balaban J connectivity index is 2.18. The number of carbonyl (C=O) groups excluding carboxylic acids is 1. The van der Waals surface area contributed by atoms with Gasteiger partial charge in [-0.15, -0.1) is 0 Å². The summed E-state index contributed by atoms with van der Waals surface area (Å²) in [7, 11) is 0. The van der Waals surface area contributed by atoms with Crippen molar-refractivity contribution in [2.75, 3.05) is 19.6 Å². The fourth-order valence-electron chi connectivity index (χ4n) is 3.25. The highest BCUT2D eigenvalue weighted by molar-refractivity contribution is 5.85. The summed E-state index contributed by atoms with van der Waals surface area (Å²) >= 11 is 0. The maximum absolute atomic E-state index is 13.0. The lowest BCUT2D eigenvalue weighted by atomic mass is 9.84. The molecule has 1 unspecified atom stereocenters. The van der Waals surface area contributed by atoms with Crippen LogP contribution in [0.3, 0.4) is 0 Å². The number of azide groups is 1. The molecule has 0 spiro atoms. The number of piperidine rings is 1. The third-order valence-electron chi connectivity index (χ3n) is 4.49. The predicted molar refractivity (Wildman–Crippen MR) is 94.5 cm³/mol. The number of allylic oxidation sites excluding steroid dienone is 1. The molecular weight excluding hydrogens is 304 g/mol. The molecule has 1 atom stereocenters. The molecule has 6 nitrogen and oxygen atoms in total. The highest BCUT2D eigenvalue weighted by Gasteiger charge is 2.45. The minimum atomic E-state index is -0.699. The predicted octanol–water partition coefficient (Wildman–Crippen LogP) is 4.14. The van der Waals surface area contributed by atoms with Gasteiger partial charge >= 0.3 is 5.97 Å². The molecule has 1 aliphatic carbocycles. The second-order valence-corrected chi connectivity index (χ2v) is 7.49. The van der Waals surface area contributed by atoms with Gasteiger partial charge in [0.05, 0.1) is 0 Å². The van der Waals surface area contributed by atoms with Crippen LogP contribution in [0.1, 0.15) is 52.9 Å². The smallest absolute Gasteiger partial charge is 0.331 e. The molecule has 0 aromatic carbocycles. The SMILES string of the molecule is CC(C)(C)OC(=O)C1(N2CCCCC2)C=CC(CCN=[N+]=[N-])=CC1. The van der Waals surface area contributed by atoms with Gasteiger partial charge in [0.2, 0.25) is 0 Å². The van der Waals surface area contributed by atoms with E-state index in [1.165, 1.54) is 6.42 Å². The summed E-state index contributed by atoms with van der Waals surface area (Å²) in [6.07, 6.45) is 10.8. The van der Waals surface area contributed by atoms with E-state index in [4.69, 9.17) is 10.3 Å². The van der Waals surface area contributed by atoms with E-state index in [2.05, 4.69) is 21.0 Å². The van der Waals surface area contributed by atoms with Crippen molar-refractivity contribution in [3.63, 3.8) is 0 Å². The topological polar surface area (TPSA) is 78.3 Å². The average molecular weight is 332 g/mol. The van der Waals surface area contributed by atoms with E-state index in [0.717, 1.165) is 31.5 Å². The molecule has 0 radical (unpaired) electrons. The van der Waals surface area contributed by atoms with Crippen molar-refractivity contribution in [3.05, 3.63) is 34.2 Å². The van der Waals surface area contributed by atoms with E-state index in [9.17, 15) is 4.79 Å². The van der Waals surface area contributed by atoms with Gasteiger partial charge in [-0.2, -0.15) is 0 Å². The Kier molecular flexibility index (Phi) is 6.08. The van der Waals surface area contributed by atoms with Crippen LogP contribution in [0, 0.1) is 0 Å².